The van der Waals surface area contributed by atoms with E-state index in [1.54, 1.807) is 6.92 Å². The van der Waals surface area contributed by atoms with E-state index in [0.717, 1.165) is 0 Å². The third-order valence-corrected chi connectivity index (χ3v) is 0.566. The van der Waals surface area contributed by atoms with Gasteiger partial charge in [0.25, 0.3) is 0 Å². The van der Waals surface area contributed by atoms with E-state index in [9.17, 15) is 5.11 Å². The van der Waals surface area contributed by atoms with Gasteiger partial charge in [-0.15, -0.1) is 12.3 Å². The van der Waals surface area contributed by atoms with Crippen LogP contribution in [0, 0.1) is 0 Å². The Kier molecular flexibility index (Phi) is 6.34. The zero-order chi connectivity index (χ0) is 8.78. The SMILES string of the molecule is C=C(C)[O-].CCC([NH3+])(O)O. The molecule has 0 aromatic rings. The highest BCUT2D eigenvalue weighted by atomic mass is 16.5. The van der Waals surface area contributed by atoms with Crippen LogP contribution in [-0.4, -0.2) is 16.1 Å². The lowest BCUT2D eigenvalue weighted by Crippen LogP contribution is -2.72. The van der Waals surface area contributed by atoms with Crippen LogP contribution in [0.1, 0.15) is 20.3 Å². The van der Waals surface area contributed by atoms with Gasteiger partial charge in [0.2, 0.25) is 0 Å². The van der Waals surface area contributed by atoms with E-state index in [2.05, 4.69) is 12.3 Å². The molecule has 5 N–H and O–H groups in total. The van der Waals surface area contributed by atoms with Gasteiger partial charge >= 0.3 is 5.91 Å². The Morgan fingerprint density at radius 2 is 1.80 bits per heavy atom. The van der Waals surface area contributed by atoms with Crippen LogP contribution in [0.25, 0.3) is 0 Å². The van der Waals surface area contributed by atoms with E-state index in [1.165, 1.54) is 6.92 Å². The summed E-state index contributed by atoms with van der Waals surface area (Å²) in [4.78, 5) is 0. The highest BCUT2D eigenvalue weighted by Crippen LogP contribution is 1.87. The van der Waals surface area contributed by atoms with Crippen molar-refractivity contribution in [3.05, 3.63) is 12.3 Å². The van der Waals surface area contributed by atoms with Crippen LogP contribution in [0.4, 0.5) is 0 Å². The third kappa shape index (κ3) is 52.2. The first-order valence-corrected chi connectivity index (χ1v) is 2.92. The van der Waals surface area contributed by atoms with Crippen molar-refractivity contribution < 1.29 is 21.1 Å². The fraction of sp³-hybridized carbons (Fsp3) is 0.667. The summed E-state index contributed by atoms with van der Waals surface area (Å²) in [6.07, 6.45) is 0.271. The smallest absolute Gasteiger partial charge is 0.308 e. The first kappa shape index (κ1) is 12.1. The van der Waals surface area contributed by atoms with E-state index in [-0.39, 0.29) is 12.2 Å². The second kappa shape index (κ2) is 5.22. The summed E-state index contributed by atoms with van der Waals surface area (Å²) in [6, 6.07) is 0. The zero-order valence-corrected chi connectivity index (χ0v) is 6.42. The van der Waals surface area contributed by atoms with Crippen LogP contribution in [0.5, 0.6) is 0 Å². The topological polar surface area (TPSA) is 91.2 Å². The molecule has 0 bridgehead atoms. The predicted octanol–water partition coefficient (Wildman–Crippen LogP) is -1.84. The molecule has 0 aliphatic carbocycles. The number of allylic oxidation sites excluding steroid dienone is 1. The average Bonchev–Trinajstić information content (AvgIpc) is 1.63. The summed E-state index contributed by atoms with van der Waals surface area (Å²) >= 11 is 0. The minimum absolute atomic E-state index is 0.0833. The maximum Gasteiger partial charge on any atom is 0.308 e. The number of quaternary nitrogens is 1. The molecular formula is C6H15NO3. The molecule has 0 spiro atoms. The molecule has 4 nitrogen and oxygen atoms in total. The molecule has 10 heavy (non-hydrogen) atoms. The van der Waals surface area contributed by atoms with Crippen LogP contribution in [-0.2, 0) is 0 Å². The summed E-state index contributed by atoms with van der Waals surface area (Å²) in [5.41, 5.74) is 3.00. The highest BCUT2D eigenvalue weighted by molar-refractivity contribution is 4.64. The van der Waals surface area contributed by atoms with Gasteiger partial charge in [0, 0.05) is 0 Å². The monoisotopic (exact) mass is 149 g/mol. The van der Waals surface area contributed by atoms with Gasteiger partial charge in [-0.3, -0.25) is 0 Å². The number of hydrogen-bond acceptors (Lipinski definition) is 3. The van der Waals surface area contributed by atoms with E-state index in [0.29, 0.717) is 0 Å². The molecule has 4 heteroatoms. The van der Waals surface area contributed by atoms with Gasteiger partial charge in [0.05, 0.1) is 6.42 Å². The predicted molar refractivity (Wildman–Crippen MR) is 35.2 cm³/mol. The first-order valence-electron chi connectivity index (χ1n) is 2.92. The highest BCUT2D eigenvalue weighted by Gasteiger charge is 2.14. The second-order valence-corrected chi connectivity index (χ2v) is 2.04. The lowest BCUT2D eigenvalue weighted by atomic mass is 10.4. The molecule has 0 saturated heterocycles. The van der Waals surface area contributed by atoms with Gasteiger partial charge in [-0.1, -0.05) is 13.8 Å². The average molecular weight is 149 g/mol. The van der Waals surface area contributed by atoms with Crippen LogP contribution in [0.2, 0.25) is 0 Å². The Hall–Kier alpha value is -0.580. The van der Waals surface area contributed by atoms with Crippen LogP contribution >= 0.6 is 0 Å². The minimum Gasteiger partial charge on any atom is -0.876 e. The largest absolute Gasteiger partial charge is 0.876 e. The second-order valence-electron chi connectivity index (χ2n) is 2.04. The Balaban J connectivity index is 0. The standard InChI is InChI=1S/C3H9NO2.C3H6O/c1-2-3(4,5)6;1-3(2)4/h5-6H,2,4H2,1H3;4H,1H2,2H3. The molecule has 0 amide bonds. The van der Waals surface area contributed by atoms with E-state index in [4.69, 9.17) is 10.2 Å². The number of aliphatic hydroxyl groups is 2. The fourth-order valence-corrected chi connectivity index (χ4v) is 0. The Morgan fingerprint density at radius 3 is 1.80 bits per heavy atom. The normalized spacial score (nSPS) is 9.70. The molecule has 0 fully saturated rings. The molecule has 0 aromatic heterocycles. The lowest BCUT2D eigenvalue weighted by molar-refractivity contribution is -0.619. The number of rotatable bonds is 1. The maximum atomic E-state index is 9.33. The van der Waals surface area contributed by atoms with Crippen molar-refractivity contribution in [2.24, 2.45) is 0 Å². The Morgan fingerprint density at radius 1 is 1.70 bits per heavy atom. The van der Waals surface area contributed by atoms with Crippen molar-refractivity contribution in [3.63, 3.8) is 0 Å². The Bertz CT molecular complexity index is 91.7. The third-order valence-electron chi connectivity index (χ3n) is 0.566. The van der Waals surface area contributed by atoms with Crippen molar-refractivity contribution in [2.45, 2.75) is 26.2 Å². The molecule has 0 atom stereocenters. The molecule has 0 radical (unpaired) electrons. The van der Waals surface area contributed by atoms with Crippen molar-refractivity contribution >= 4 is 0 Å². The summed E-state index contributed by atoms with van der Waals surface area (Å²) in [5, 5.41) is 25.9. The molecule has 62 valence electrons. The van der Waals surface area contributed by atoms with E-state index in [1.807, 2.05) is 0 Å². The van der Waals surface area contributed by atoms with Gasteiger partial charge < -0.3 is 21.1 Å². The Labute approximate surface area is 60.6 Å². The molecule has 0 rings (SSSR count). The summed E-state index contributed by atoms with van der Waals surface area (Å²) in [6.45, 7) is 6.06. The summed E-state index contributed by atoms with van der Waals surface area (Å²) in [5.74, 6) is -1.79. The van der Waals surface area contributed by atoms with Gasteiger partial charge in [0.1, 0.15) is 0 Å². The van der Waals surface area contributed by atoms with Crippen molar-refractivity contribution in [1.82, 2.24) is 0 Å². The minimum atomic E-state index is -1.71. The molecular weight excluding hydrogens is 134 g/mol. The van der Waals surface area contributed by atoms with Crippen LogP contribution in [0.15, 0.2) is 12.3 Å². The van der Waals surface area contributed by atoms with Crippen molar-refractivity contribution in [1.29, 1.82) is 0 Å². The molecule has 0 aliphatic heterocycles. The lowest BCUT2D eigenvalue weighted by Gasteiger charge is -2.05. The van der Waals surface area contributed by atoms with Crippen molar-refractivity contribution in [3.8, 4) is 0 Å². The summed E-state index contributed by atoms with van der Waals surface area (Å²) in [7, 11) is 0. The van der Waals surface area contributed by atoms with E-state index < -0.39 is 5.91 Å². The molecule has 0 saturated carbocycles. The number of hydrogen-bond donors (Lipinski definition) is 3. The fourth-order valence-electron chi connectivity index (χ4n) is 0. The molecule has 0 heterocycles. The zero-order valence-electron chi connectivity index (χ0n) is 6.42. The van der Waals surface area contributed by atoms with Gasteiger partial charge in [-0.05, 0) is 0 Å². The van der Waals surface area contributed by atoms with Crippen LogP contribution in [0.3, 0.4) is 0 Å². The first-order chi connectivity index (χ1) is 4.29. The molecule has 0 aliphatic rings. The quantitative estimate of drug-likeness (QED) is 0.302. The molecule has 0 unspecified atom stereocenters. The van der Waals surface area contributed by atoms with Gasteiger partial charge in [0.15, 0.2) is 0 Å². The van der Waals surface area contributed by atoms with Crippen molar-refractivity contribution in [2.75, 3.05) is 0 Å². The molecule has 0 aromatic carbocycles. The summed E-state index contributed by atoms with van der Waals surface area (Å²) < 4.78 is 0. The maximum absolute atomic E-state index is 9.33. The van der Waals surface area contributed by atoms with Gasteiger partial charge in [-0.2, -0.15) is 0 Å². The van der Waals surface area contributed by atoms with Gasteiger partial charge in [-0.25, -0.2) is 0 Å². The van der Waals surface area contributed by atoms with Crippen LogP contribution < -0.4 is 10.8 Å². The van der Waals surface area contributed by atoms with E-state index >= 15 is 0 Å².